The van der Waals surface area contributed by atoms with E-state index in [0.29, 0.717) is 11.7 Å². The molecule has 6 nitrogen and oxygen atoms in total. The SMILES string of the molecule is Cc1c(/C=C/CCl)cnn1-c1cc(N(C)C)nc(N)n1. The smallest absolute Gasteiger partial charge is 0.224 e. The van der Waals surface area contributed by atoms with Crippen molar-refractivity contribution in [2.45, 2.75) is 6.92 Å². The van der Waals surface area contributed by atoms with E-state index >= 15 is 0 Å². The van der Waals surface area contributed by atoms with Gasteiger partial charge in [-0.25, -0.2) is 4.68 Å². The quantitative estimate of drug-likeness (QED) is 0.871. The molecule has 7 heteroatoms. The Morgan fingerprint density at radius 3 is 2.80 bits per heavy atom. The van der Waals surface area contributed by atoms with Gasteiger partial charge in [0.1, 0.15) is 5.82 Å². The summed E-state index contributed by atoms with van der Waals surface area (Å²) in [6.07, 6.45) is 5.57. The first-order valence-electron chi connectivity index (χ1n) is 6.12. The topological polar surface area (TPSA) is 72.9 Å². The Kier molecular flexibility index (Phi) is 4.24. The molecule has 20 heavy (non-hydrogen) atoms. The molecule has 0 bridgehead atoms. The van der Waals surface area contributed by atoms with Crippen molar-refractivity contribution in [1.29, 1.82) is 0 Å². The van der Waals surface area contributed by atoms with Crippen LogP contribution in [0.4, 0.5) is 11.8 Å². The molecule has 0 atom stereocenters. The lowest BCUT2D eigenvalue weighted by atomic mass is 10.2. The molecular weight excluding hydrogens is 276 g/mol. The molecule has 0 aliphatic heterocycles. The molecule has 0 aromatic carbocycles. The number of rotatable bonds is 4. The van der Waals surface area contributed by atoms with Crippen molar-refractivity contribution < 1.29 is 0 Å². The van der Waals surface area contributed by atoms with Crippen molar-refractivity contribution in [2.24, 2.45) is 0 Å². The van der Waals surface area contributed by atoms with Gasteiger partial charge in [-0.3, -0.25) is 0 Å². The highest BCUT2D eigenvalue weighted by atomic mass is 35.5. The molecule has 2 heterocycles. The molecule has 0 saturated heterocycles. The minimum absolute atomic E-state index is 0.221. The van der Waals surface area contributed by atoms with Crippen LogP contribution in [-0.2, 0) is 0 Å². The van der Waals surface area contributed by atoms with Crippen molar-refractivity contribution in [2.75, 3.05) is 30.6 Å². The van der Waals surface area contributed by atoms with Crippen LogP contribution in [0.25, 0.3) is 11.9 Å². The van der Waals surface area contributed by atoms with Crippen LogP contribution in [0.5, 0.6) is 0 Å². The molecule has 0 spiro atoms. The fourth-order valence-corrected chi connectivity index (χ4v) is 1.85. The van der Waals surface area contributed by atoms with E-state index in [1.807, 2.05) is 44.1 Å². The Balaban J connectivity index is 2.46. The van der Waals surface area contributed by atoms with E-state index in [4.69, 9.17) is 17.3 Å². The number of anilines is 2. The molecule has 0 aliphatic carbocycles. The van der Waals surface area contributed by atoms with Crippen molar-refractivity contribution >= 4 is 29.4 Å². The second kappa shape index (κ2) is 5.92. The number of halogens is 1. The fraction of sp³-hybridized carbons (Fsp3) is 0.308. The molecule has 0 unspecified atom stereocenters. The number of aromatic nitrogens is 4. The minimum Gasteiger partial charge on any atom is -0.368 e. The molecule has 2 aromatic rings. The molecular formula is C13H17ClN6. The maximum atomic E-state index is 5.75. The van der Waals surface area contributed by atoms with Crippen LogP contribution in [0, 0.1) is 6.92 Å². The molecule has 0 saturated carbocycles. The van der Waals surface area contributed by atoms with Gasteiger partial charge in [0.25, 0.3) is 0 Å². The summed E-state index contributed by atoms with van der Waals surface area (Å²) in [7, 11) is 3.80. The lowest BCUT2D eigenvalue weighted by Crippen LogP contribution is -2.14. The zero-order valence-corrected chi connectivity index (χ0v) is 12.5. The zero-order valence-electron chi connectivity index (χ0n) is 11.7. The average Bonchev–Trinajstić information content (AvgIpc) is 2.77. The van der Waals surface area contributed by atoms with Crippen molar-refractivity contribution in [3.05, 3.63) is 29.6 Å². The van der Waals surface area contributed by atoms with Crippen molar-refractivity contribution in [3.63, 3.8) is 0 Å². The third-order valence-corrected chi connectivity index (χ3v) is 3.00. The molecule has 2 aromatic heterocycles. The molecule has 2 rings (SSSR count). The number of allylic oxidation sites excluding steroid dienone is 1. The number of nitrogens with two attached hydrogens (primary N) is 1. The van der Waals surface area contributed by atoms with Gasteiger partial charge in [0.2, 0.25) is 5.95 Å². The first-order chi connectivity index (χ1) is 9.52. The summed E-state index contributed by atoms with van der Waals surface area (Å²) in [6, 6.07) is 1.84. The van der Waals surface area contributed by atoms with Gasteiger partial charge in [0, 0.05) is 31.6 Å². The van der Waals surface area contributed by atoms with Gasteiger partial charge in [-0.15, -0.1) is 11.6 Å². The van der Waals surface area contributed by atoms with Gasteiger partial charge in [0.05, 0.1) is 11.9 Å². The third kappa shape index (κ3) is 2.91. The van der Waals surface area contributed by atoms with Gasteiger partial charge in [-0.1, -0.05) is 12.2 Å². The number of nitrogens with zero attached hydrogens (tertiary/aromatic N) is 5. The van der Waals surface area contributed by atoms with Crippen LogP contribution in [0.15, 0.2) is 18.3 Å². The van der Waals surface area contributed by atoms with Gasteiger partial charge in [-0.05, 0) is 6.92 Å². The van der Waals surface area contributed by atoms with Gasteiger partial charge < -0.3 is 10.6 Å². The second-order valence-corrected chi connectivity index (χ2v) is 4.80. The summed E-state index contributed by atoms with van der Waals surface area (Å²) >= 11 is 5.65. The predicted octanol–water partition coefficient (Wildman–Crippen LogP) is 1.87. The Morgan fingerprint density at radius 2 is 2.15 bits per heavy atom. The van der Waals surface area contributed by atoms with Crippen LogP contribution in [0.3, 0.4) is 0 Å². The van der Waals surface area contributed by atoms with Crippen LogP contribution < -0.4 is 10.6 Å². The number of hydrogen-bond acceptors (Lipinski definition) is 5. The monoisotopic (exact) mass is 292 g/mol. The molecule has 0 amide bonds. The predicted molar refractivity (Wildman–Crippen MR) is 82.4 cm³/mol. The fourth-order valence-electron chi connectivity index (χ4n) is 1.77. The Labute approximate surface area is 122 Å². The Bertz CT molecular complexity index is 632. The summed E-state index contributed by atoms with van der Waals surface area (Å²) < 4.78 is 1.74. The van der Waals surface area contributed by atoms with E-state index in [9.17, 15) is 0 Å². The maximum Gasteiger partial charge on any atom is 0.224 e. The summed E-state index contributed by atoms with van der Waals surface area (Å²) in [5.41, 5.74) is 7.71. The second-order valence-electron chi connectivity index (χ2n) is 4.49. The summed E-state index contributed by atoms with van der Waals surface area (Å²) in [4.78, 5) is 10.3. The molecule has 0 radical (unpaired) electrons. The highest BCUT2D eigenvalue weighted by Gasteiger charge is 2.10. The average molecular weight is 293 g/mol. The largest absolute Gasteiger partial charge is 0.368 e. The standard InChI is InChI=1S/C13H17ClN6/c1-9-10(5-4-6-14)8-16-20(9)12-7-11(19(2)3)17-13(15)18-12/h4-5,7-8H,6H2,1-3H3,(H2,15,17,18)/b5-4+. The maximum absolute atomic E-state index is 5.75. The summed E-state index contributed by atoms with van der Waals surface area (Å²) in [6.45, 7) is 1.97. The minimum atomic E-state index is 0.221. The first kappa shape index (κ1) is 14.3. The third-order valence-electron chi connectivity index (χ3n) is 2.83. The van der Waals surface area contributed by atoms with Gasteiger partial charge >= 0.3 is 0 Å². The van der Waals surface area contributed by atoms with Crippen LogP contribution >= 0.6 is 11.6 Å². The number of hydrogen-bond donors (Lipinski definition) is 1. The van der Waals surface area contributed by atoms with Crippen LogP contribution in [0.2, 0.25) is 0 Å². The van der Waals surface area contributed by atoms with Crippen molar-refractivity contribution in [1.82, 2.24) is 19.7 Å². The number of nitrogen functional groups attached to an aromatic ring is 1. The zero-order chi connectivity index (χ0) is 14.7. The Morgan fingerprint density at radius 1 is 1.40 bits per heavy atom. The lowest BCUT2D eigenvalue weighted by Gasteiger charge is -2.13. The first-order valence-corrected chi connectivity index (χ1v) is 6.65. The molecule has 2 N–H and O–H groups in total. The van der Waals surface area contributed by atoms with E-state index in [0.717, 1.165) is 17.1 Å². The van der Waals surface area contributed by atoms with E-state index in [-0.39, 0.29) is 5.95 Å². The number of alkyl halides is 1. The Hall–Kier alpha value is -2.08. The molecule has 0 aliphatic rings. The lowest BCUT2D eigenvalue weighted by molar-refractivity contribution is 0.812. The molecule has 0 fully saturated rings. The molecule has 106 valence electrons. The highest BCUT2D eigenvalue weighted by molar-refractivity contribution is 6.19. The van der Waals surface area contributed by atoms with Crippen LogP contribution in [0.1, 0.15) is 11.3 Å². The van der Waals surface area contributed by atoms with E-state index in [2.05, 4.69) is 15.1 Å². The van der Waals surface area contributed by atoms with Crippen molar-refractivity contribution in [3.8, 4) is 5.82 Å². The van der Waals surface area contributed by atoms with Gasteiger partial charge in [0.15, 0.2) is 5.82 Å². The normalized spacial score (nSPS) is 11.2. The van der Waals surface area contributed by atoms with Gasteiger partial charge in [-0.2, -0.15) is 15.1 Å². The van der Waals surface area contributed by atoms with E-state index in [1.54, 1.807) is 10.9 Å². The van der Waals surface area contributed by atoms with Crippen LogP contribution in [-0.4, -0.2) is 39.7 Å². The summed E-state index contributed by atoms with van der Waals surface area (Å²) in [5.74, 6) is 2.07. The van der Waals surface area contributed by atoms with E-state index in [1.165, 1.54) is 0 Å². The van der Waals surface area contributed by atoms with E-state index < -0.39 is 0 Å². The summed E-state index contributed by atoms with van der Waals surface area (Å²) in [5, 5.41) is 4.34. The highest BCUT2D eigenvalue weighted by Crippen LogP contribution is 2.18.